The molecule has 0 amide bonds. The van der Waals surface area contributed by atoms with Crippen LogP contribution in [0.4, 0.5) is 0 Å². The molecule has 0 fully saturated rings. The fourth-order valence-corrected chi connectivity index (χ4v) is 3.08. The van der Waals surface area contributed by atoms with Gasteiger partial charge in [0.05, 0.1) is 6.21 Å². The molecule has 0 aliphatic rings. The third-order valence-corrected chi connectivity index (χ3v) is 4.33. The summed E-state index contributed by atoms with van der Waals surface area (Å²) < 4.78 is 2.02. The van der Waals surface area contributed by atoms with Gasteiger partial charge in [-0.15, -0.1) is 5.10 Å². The van der Waals surface area contributed by atoms with Crippen LogP contribution in [0.5, 0.6) is 0 Å². The SMILES string of the molecule is NC(=N/N=C\c1cn(Cc2ccc(Cl)cc2Cl)c2ccccc12)N[N+](=O)[O-]. The first kappa shape index (κ1) is 18.7. The van der Waals surface area contributed by atoms with Crippen molar-refractivity contribution in [2.75, 3.05) is 0 Å². The Bertz CT molecular complexity index is 1060. The van der Waals surface area contributed by atoms with Gasteiger partial charge in [0, 0.05) is 39.3 Å². The molecule has 0 atom stereocenters. The van der Waals surface area contributed by atoms with Crippen LogP contribution in [-0.4, -0.2) is 21.8 Å². The number of nitrogens with two attached hydrogens (primary N) is 1. The number of nitrogens with zero attached hydrogens (tertiary/aromatic N) is 4. The fraction of sp³-hybridized carbons (Fsp3) is 0.0588. The van der Waals surface area contributed by atoms with Crippen molar-refractivity contribution in [3.05, 3.63) is 79.9 Å². The second-order valence-corrected chi connectivity index (χ2v) is 6.41. The molecule has 8 nitrogen and oxygen atoms in total. The highest BCUT2D eigenvalue weighted by Gasteiger charge is 2.09. The number of hydrogen-bond acceptors (Lipinski definition) is 4. The summed E-state index contributed by atoms with van der Waals surface area (Å²) in [5.41, 5.74) is 9.74. The van der Waals surface area contributed by atoms with E-state index in [1.165, 1.54) is 6.21 Å². The van der Waals surface area contributed by atoms with Gasteiger partial charge in [-0.25, -0.2) is 10.1 Å². The lowest BCUT2D eigenvalue weighted by molar-refractivity contribution is -0.525. The third-order valence-electron chi connectivity index (χ3n) is 3.74. The molecular weight excluding hydrogens is 391 g/mol. The number of hydrogen-bond donors (Lipinski definition) is 2. The van der Waals surface area contributed by atoms with Crippen molar-refractivity contribution >= 4 is 46.3 Å². The topological polar surface area (TPSA) is 111 Å². The fourth-order valence-electron chi connectivity index (χ4n) is 2.61. The van der Waals surface area contributed by atoms with E-state index in [1.54, 1.807) is 17.6 Å². The Morgan fingerprint density at radius 3 is 2.81 bits per heavy atom. The zero-order valence-electron chi connectivity index (χ0n) is 13.8. The number of rotatable bonds is 5. The maximum atomic E-state index is 10.3. The van der Waals surface area contributed by atoms with Crippen molar-refractivity contribution in [1.82, 2.24) is 9.99 Å². The van der Waals surface area contributed by atoms with Gasteiger partial charge in [0.1, 0.15) is 0 Å². The van der Waals surface area contributed by atoms with E-state index < -0.39 is 11.0 Å². The standard InChI is InChI=1S/C17H14Cl2N6O2/c18-13-6-5-11(15(19)7-13)9-24-10-12(14-3-1-2-4-16(14)24)8-21-22-17(20)23-25(26)27/h1-8,10H,9H2,(H3,20,22,23)/b21-8-. The first-order valence-corrected chi connectivity index (χ1v) is 8.49. The zero-order chi connectivity index (χ0) is 19.4. The van der Waals surface area contributed by atoms with E-state index in [0.29, 0.717) is 16.6 Å². The lowest BCUT2D eigenvalue weighted by Gasteiger charge is -2.08. The highest BCUT2D eigenvalue weighted by atomic mass is 35.5. The number of hydrazine groups is 1. The van der Waals surface area contributed by atoms with Crippen LogP contribution in [0.3, 0.4) is 0 Å². The summed E-state index contributed by atoms with van der Waals surface area (Å²) in [5.74, 6) is -0.409. The zero-order valence-corrected chi connectivity index (χ0v) is 15.4. The lowest BCUT2D eigenvalue weighted by Crippen LogP contribution is -2.35. The average Bonchev–Trinajstić information content (AvgIpc) is 2.95. The summed E-state index contributed by atoms with van der Waals surface area (Å²) in [6.07, 6.45) is 3.38. The smallest absolute Gasteiger partial charge is 0.275 e. The van der Waals surface area contributed by atoms with Gasteiger partial charge < -0.3 is 10.3 Å². The summed E-state index contributed by atoms with van der Waals surface area (Å²) in [5, 5.41) is 19.0. The van der Waals surface area contributed by atoms with Gasteiger partial charge in [-0.05, 0) is 23.8 Å². The molecule has 27 heavy (non-hydrogen) atoms. The number of fused-ring (bicyclic) bond motifs is 1. The molecule has 0 bridgehead atoms. The van der Waals surface area contributed by atoms with E-state index in [2.05, 4.69) is 10.2 Å². The Kier molecular flexibility index (Phi) is 5.58. The van der Waals surface area contributed by atoms with Gasteiger partial charge in [-0.2, -0.15) is 5.10 Å². The molecule has 0 saturated heterocycles. The molecule has 1 aromatic heterocycles. The second kappa shape index (κ2) is 8.07. The van der Waals surface area contributed by atoms with Gasteiger partial charge in [0.15, 0.2) is 5.03 Å². The predicted octanol–water partition coefficient (Wildman–Crippen LogP) is 3.43. The van der Waals surface area contributed by atoms with Crippen molar-refractivity contribution < 1.29 is 5.03 Å². The molecule has 0 aliphatic heterocycles. The Balaban J connectivity index is 1.93. The number of aromatic nitrogens is 1. The van der Waals surface area contributed by atoms with Gasteiger partial charge in [-0.1, -0.05) is 52.9 Å². The summed E-state index contributed by atoms with van der Waals surface area (Å²) in [6.45, 7) is 0.540. The van der Waals surface area contributed by atoms with Crippen LogP contribution in [0.25, 0.3) is 10.9 Å². The number of benzene rings is 2. The summed E-state index contributed by atoms with van der Waals surface area (Å²) in [4.78, 5) is 10.3. The Morgan fingerprint density at radius 1 is 1.30 bits per heavy atom. The van der Waals surface area contributed by atoms with Crippen LogP contribution >= 0.6 is 23.2 Å². The van der Waals surface area contributed by atoms with Crippen molar-refractivity contribution in [3.8, 4) is 0 Å². The van der Waals surface area contributed by atoms with Crippen LogP contribution < -0.4 is 11.2 Å². The van der Waals surface area contributed by atoms with Crippen LogP contribution in [0.15, 0.2) is 58.9 Å². The van der Waals surface area contributed by atoms with E-state index >= 15 is 0 Å². The van der Waals surface area contributed by atoms with Gasteiger partial charge >= 0.3 is 0 Å². The molecule has 0 spiro atoms. The van der Waals surface area contributed by atoms with E-state index in [-0.39, 0.29) is 0 Å². The monoisotopic (exact) mass is 404 g/mol. The normalized spacial score (nSPS) is 12.0. The molecule has 0 unspecified atom stereocenters. The highest BCUT2D eigenvalue weighted by molar-refractivity contribution is 6.35. The largest absolute Gasteiger partial charge is 0.364 e. The molecule has 138 valence electrons. The summed E-state index contributed by atoms with van der Waals surface area (Å²) >= 11 is 12.2. The molecular formula is C17H14Cl2N6O2. The van der Waals surface area contributed by atoms with Crippen molar-refractivity contribution in [1.29, 1.82) is 0 Å². The minimum absolute atomic E-state index is 0.409. The van der Waals surface area contributed by atoms with Gasteiger partial charge in [0.25, 0.3) is 5.96 Å². The molecule has 3 rings (SSSR count). The molecule has 3 N–H and O–H groups in total. The maximum Gasteiger partial charge on any atom is 0.275 e. The van der Waals surface area contributed by atoms with Gasteiger partial charge in [-0.3, -0.25) is 0 Å². The average molecular weight is 405 g/mol. The first-order valence-electron chi connectivity index (χ1n) is 7.73. The highest BCUT2D eigenvalue weighted by Crippen LogP contribution is 2.25. The van der Waals surface area contributed by atoms with E-state index in [4.69, 9.17) is 28.9 Å². The predicted molar refractivity (Wildman–Crippen MR) is 107 cm³/mol. The number of halogens is 2. The molecule has 10 heteroatoms. The Morgan fingerprint density at radius 2 is 2.07 bits per heavy atom. The molecule has 0 saturated carbocycles. The summed E-state index contributed by atoms with van der Waals surface area (Å²) in [6, 6.07) is 13.1. The number of para-hydroxylation sites is 1. The molecule has 3 aromatic rings. The maximum absolute atomic E-state index is 10.3. The quantitative estimate of drug-likeness (QED) is 0.293. The number of guanidine groups is 1. The van der Waals surface area contributed by atoms with E-state index in [1.807, 2.05) is 41.1 Å². The van der Waals surface area contributed by atoms with Crippen LogP contribution in [0, 0.1) is 10.1 Å². The summed E-state index contributed by atoms with van der Waals surface area (Å²) in [7, 11) is 0. The van der Waals surface area contributed by atoms with E-state index in [9.17, 15) is 10.1 Å². The van der Waals surface area contributed by atoms with Crippen LogP contribution in [-0.2, 0) is 6.54 Å². The minimum Gasteiger partial charge on any atom is -0.364 e. The van der Waals surface area contributed by atoms with E-state index in [0.717, 1.165) is 22.0 Å². The lowest BCUT2D eigenvalue weighted by atomic mass is 10.2. The van der Waals surface area contributed by atoms with Crippen LogP contribution in [0.2, 0.25) is 10.0 Å². The van der Waals surface area contributed by atoms with Crippen molar-refractivity contribution in [3.63, 3.8) is 0 Å². The van der Waals surface area contributed by atoms with Crippen molar-refractivity contribution in [2.24, 2.45) is 15.9 Å². The molecule has 1 heterocycles. The van der Waals surface area contributed by atoms with Gasteiger partial charge in [0.2, 0.25) is 0 Å². The molecule has 0 aliphatic carbocycles. The van der Waals surface area contributed by atoms with Crippen LogP contribution in [0.1, 0.15) is 11.1 Å². The number of nitrogens with one attached hydrogen (secondary N) is 1. The second-order valence-electron chi connectivity index (χ2n) is 5.56. The first-order chi connectivity index (χ1) is 12.9. The Labute approximate surface area is 164 Å². The third kappa shape index (κ3) is 4.55. The molecule has 0 radical (unpaired) electrons. The van der Waals surface area contributed by atoms with Crippen molar-refractivity contribution in [2.45, 2.75) is 6.54 Å². The number of nitro groups is 1. The molecule has 2 aromatic carbocycles. The minimum atomic E-state index is -0.809. The Hall–Kier alpha value is -3.10.